The SMILES string of the molecule is Nc1c(-c2cc(Cc3ccc(COc4ccccn4)cc3)no2)ccc[n+]1COP(=O)(O)O.O. The molecular weight excluding hydrogens is 463 g/mol. The van der Waals surface area contributed by atoms with Gasteiger partial charge < -0.3 is 24.5 Å². The van der Waals surface area contributed by atoms with E-state index >= 15 is 0 Å². The Kier molecular flexibility index (Phi) is 8.11. The lowest BCUT2D eigenvalue weighted by Crippen LogP contribution is -2.38. The number of phosphoric ester groups is 1. The number of ether oxygens (including phenoxy) is 1. The Hall–Kier alpha value is -3.60. The van der Waals surface area contributed by atoms with E-state index in [1.54, 1.807) is 30.6 Å². The molecule has 0 atom stereocenters. The number of hydrogen-bond donors (Lipinski definition) is 3. The van der Waals surface area contributed by atoms with E-state index in [1.165, 1.54) is 4.57 Å². The quantitative estimate of drug-likeness (QED) is 0.235. The molecule has 0 radical (unpaired) electrons. The molecule has 34 heavy (non-hydrogen) atoms. The van der Waals surface area contributed by atoms with Crippen molar-refractivity contribution < 1.29 is 38.2 Å². The maximum Gasteiger partial charge on any atom is 0.472 e. The summed E-state index contributed by atoms with van der Waals surface area (Å²) in [6.07, 6.45) is 3.78. The topological polar surface area (TPSA) is 176 Å². The number of rotatable bonds is 9. The maximum absolute atomic E-state index is 11.0. The molecule has 0 amide bonds. The number of anilines is 1. The average Bonchev–Trinajstić information content (AvgIpc) is 3.26. The molecule has 0 aliphatic carbocycles. The van der Waals surface area contributed by atoms with Gasteiger partial charge in [-0.1, -0.05) is 35.5 Å². The first-order valence-corrected chi connectivity index (χ1v) is 11.5. The molecule has 0 fully saturated rings. The maximum atomic E-state index is 11.0. The zero-order valence-corrected chi connectivity index (χ0v) is 18.8. The van der Waals surface area contributed by atoms with Crippen LogP contribution >= 0.6 is 7.82 Å². The predicted molar refractivity (Wildman–Crippen MR) is 121 cm³/mol. The normalized spacial score (nSPS) is 11.1. The van der Waals surface area contributed by atoms with Crippen LogP contribution in [0.2, 0.25) is 0 Å². The summed E-state index contributed by atoms with van der Waals surface area (Å²) in [6, 6.07) is 18.6. The Morgan fingerprint density at radius 1 is 1.06 bits per heavy atom. The van der Waals surface area contributed by atoms with Gasteiger partial charge >= 0.3 is 7.82 Å². The molecule has 0 saturated carbocycles. The van der Waals surface area contributed by atoms with Crippen LogP contribution in [0.5, 0.6) is 5.88 Å². The summed E-state index contributed by atoms with van der Waals surface area (Å²) in [6.45, 7) is 0.0196. The fraction of sp³-hybridized carbons (Fsp3) is 0.136. The van der Waals surface area contributed by atoms with Gasteiger partial charge in [0.1, 0.15) is 12.2 Å². The zero-order chi connectivity index (χ0) is 23.3. The second-order valence-electron chi connectivity index (χ2n) is 7.16. The summed E-state index contributed by atoms with van der Waals surface area (Å²) in [5.41, 5.74) is 9.43. The van der Waals surface area contributed by atoms with E-state index in [0.29, 0.717) is 35.9 Å². The first-order chi connectivity index (χ1) is 15.9. The number of nitrogen functional groups attached to an aromatic ring is 1. The molecule has 0 aliphatic heterocycles. The van der Waals surface area contributed by atoms with Crippen LogP contribution in [0, 0.1) is 0 Å². The molecule has 11 nitrogen and oxygen atoms in total. The van der Waals surface area contributed by atoms with Crippen molar-refractivity contribution >= 4 is 13.6 Å². The number of hydrogen-bond acceptors (Lipinski definition) is 7. The fourth-order valence-electron chi connectivity index (χ4n) is 3.10. The first kappa shape index (κ1) is 25.0. The lowest BCUT2D eigenvalue weighted by Gasteiger charge is -2.07. The van der Waals surface area contributed by atoms with Gasteiger partial charge in [0, 0.05) is 24.8 Å². The highest BCUT2D eigenvalue weighted by molar-refractivity contribution is 7.46. The number of phosphoric acid groups is 1. The number of pyridine rings is 2. The number of benzene rings is 1. The molecule has 0 unspecified atom stereocenters. The van der Waals surface area contributed by atoms with E-state index in [9.17, 15) is 4.57 Å². The lowest BCUT2D eigenvalue weighted by molar-refractivity contribution is -0.711. The van der Waals surface area contributed by atoms with E-state index in [0.717, 1.165) is 11.1 Å². The molecule has 178 valence electrons. The molecule has 4 aromatic rings. The summed E-state index contributed by atoms with van der Waals surface area (Å²) in [4.78, 5) is 21.9. The van der Waals surface area contributed by atoms with Crippen molar-refractivity contribution in [1.29, 1.82) is 0 Å². The zero-order valence-electron chi connectivity index (χ0n) is 17.9. The van der Waals surface area contributed by atoms with Gasteiger partial charge in [-0.3, -0.25) is 5.73 Å². The smallest absolute Gasteiger partial charge is 0.472 e. The summed E-state index contributed by atoms with van der Waals surface area (Å²) in [5.74, 6) is 1.24. The van der Waals surface area contributed by atoms with Gasteiger partial charge in [0.2, 0.25) is 12.6 Å². The third kappa shape index (κ3) is 6.70. The second-order valence-corrected chi connectivity index (χ2v) is 8.40. The van der Waals surface area contributed by atoms with Crippen LogP contribution in [-0.4, -0.2) is 25.4 Å². The Morgan fingerprint density at radius 3 is 2.53 bits per heavy atom. The van der Waals surface area contributed by atoms with Crippen molar-refractivity contribution in [2.75, 3.05) is 5.73 Å². The van der Waals surface area contributed by atoms with Gasteiger partial charge in [-0.15, -0.1) is 0 Å². The predicted octanol–water partition coefficient (Wildman–Crippen LogP) is 2.02. The van der Waals surface area contributed by atoms with Crippen LogP contribution in [0.25, 0.3) is 11.3 Å². The van der Waals surface area contributed by atoms with E-state index < -0.39 is 14.6 Å². The van der Waals surface area contributed by atoms with Crippen LogP contribution in [0.4, 0.5) is 5.82 Å². The van der Waals surface area contributed by atoms with E-state index in [1.807, 2.05) is 42.5 Å². The fourth-order valence-corrected chi connectivity index (χ4v) is 3.37. The molecule has 3 aromatic heterocycles. The van der Waals surface area contributed by atoms with Crippen molar-refractivity contribution in [3.05, 3.63) is 89.9 Å². The molecule has 0 saturated heterocycles. The van der Waals surface area contributed by atoms with Crippen LogP contribution in [0.1, 0.15) is 16.8 Å². The highest BCUT2D eigenvalue weighted by atomic mass is 31.2. The van der Waals surface area contributed by atoms with Gasteiger partial charge in [-0.2, -0.15) is 0 Å². The lowest BCUT2D eigenvalue weighted by atomic mass is 10.1. The van der Waals surface area contributed by atoms with Crippen molar-refractivity contribution in [2.24, 2.45) is 0 Å². The average molecular weight is 487 g/mol. The minimum atomic E-state index is -4.62. The summed E-state index contributed by atoms with van der Waals surface area (Å²) in [5, 5.41) is 4.11. The molecule has 0 spiro atoms. The van der Waals surface area contributed by atoms with Crippen LogP contribution in [0.3, 0.4) is 0 Å². The highest BCUT2D eigenvalue weighted by Gasteiger charge is 2.20. The molecule has 3 heterocycles. The van der Waals surface area contributed by atoms with Gasteiger partial charge in [0.15, 0.2) is 5.76 Å². The third-order valence-corrected chi connectivity index (χ3v) is 5.19. The molecule has 1 aromatic carbocycles. The van der Waals surface area contributed by atoms with Gasteiger partial charge in [-0.25, -0.2) is 18.6 Å². The van der Waals surface area contributed by atoms with Crippen molar-refractivity contribution in [2.45, 2.75) is 19.8 Å². The molecule has 0 bridgehead atoms. The Labute approximate surface area is 194 Å². The van der Waals surface area contributed by atoms with E-state index in [4.69, 9.17) is 24.8 Å². The number of nitrogens with zero attached hydrogens (tertiary/aromatic N) is 3. The second kappa shape index (κ2) is 11.0. The van der Waals surface area contributed by atoms with Crippen LogP contribution < -0.4 is 15.0 Å². The van der Waals surface area contributed by atoms with E-state index in [-0.39, 0.29) is 11.3 Å². The standard InChI is InChI=1S/C22H21N4O6P.H2O/c23-22-19(4-3-11-26(22)15-31-33(27,28)29)20-13-18(25-32-20)12-16-6-8-17(9-7-16)14-30-21-5-1-2-10-24-21;/h1-11,13,23H,12,14-15H2,(H2,27,28,29);1H2/p+1. The Morgan fingerprint density at radius 2 is 1.82 bits per heavy atom. The van der Waals surface area contributed by atoms with Gasteiger partial charge in [-0.05, 0) is 29.3 Å². The molecule has 12 heteroatoms. The molecule has 4 rings (SSSR count). The Balaban J connectivity index is 0.00000324. The monoisotopic (exact) mass is 487 g/mol. The van der Waals surface area contributed by atoms with Crippen molar-refractivity contribution in [3.8, 4) is 17.2 Å². The summed E-state index contributed by atoms with van der Waals surface area (Å²) >= 11 is 0. The molecular formula is C22H24N4O7P+. The van der Waals surface area contributed by atoms with E-state index in [2.05, 4.69) is 14.7 Å². The van der Waals surface area contributed by atoms with Gasteiger partial charge in [0.25, 0.3) is 5.82 Å². The van der Waals surface area contributed by atoms with Crippen molar-refractivity contribution in [1.82, 2.24) is 10.1 Å². The molecule has 6 N–H and O–H groups in total. The van der Waals surface area contributed by atoms with Crippen LogP contribution in [0.15, 0.2) is 77.6 Å². The first-order valence-electron chi connectivity index (χ1n) is 9.93. The largest absolute Gasteiger partial charge is 0.473 e. The van der Waals surface area contributed by atoms with Crippen LogP contribution in [-0.2, 0) is 28.8 Å². The minimum Gasteiger partial charge on any atom is -0.473 e. The third-order valence-electron chi connectivity index (χ3n) is 4.74. The van der Waals surface area contributed by atoms with Gasteiger partial charge in [0.05, 0.1) is 11.9 Å². The highest BCUT2D eigenvalue weighted by Crippen LogP contribution is 2.35. The minimum absolute atomic E-state index is 0. The van der Waals surface area contributed by atoms with Crippen molar-refractivity contribution in [3.63, 3.8) is 0 Å². The molecule has 0 aliphatic rings. The number of nitrogens with two attached hydrogens (primary N) is 1. The number of aromatic nitrogens is 3. The summed E-state index contributed by atoms with van der Waals surface area (Å²) in [7, 11) is -4.62. The Bertz CT molecular complexity index is 1260. The summed E-state index contributed by atoms with van der Waals surface area (Å²) < 4.78 is 27.9.